The van der Waals surface area contributed by atoms with Gasteiger partial charge in [-0.15, -0.1) is 0 Å². The van der Waals surface area contributed by atoms with Gasteiger partial charge in [-0.05, 0) is 24.1 Å². The molecule has 2 rings (SSSR count). The Kier molecular flexibility index (Phi) is 3.57. The average Bonchev–Trinajstić information content (AvgIpc) is 2.35. The Morgan fingerprint density at radius 1 is 1.39 bits per heavy atom. The summed E-state index contributed by atoms with van der Waals surface area (Å²) in [5.41, 5.74) is 0.308. The molecule has 0 saturated carbocycles. The molecule has 1 saturated heterocycles. The highest BCUT2D eigenvalue weighted by Crippen LogP contribution is 2.24. The summed E-state index contributed by atoms with van der Waals surface area (Å²) < 4.78 is 5.07. The summed E-state index contributed by atoms with van der Waals surface area (Å²) in [6.07, 6.45) is 1.07. The van der Waals surface area contributed by atoms with Crippen molar-refractivity contribution in [3.05, 3.63) is 29.8 Å². The Hall–Kier alpha value is -1.55. The van der Waals surface area contributed by atoms with E-state index in [9.17, 15) is 9.90 Å². The lowest BCUT2D eigenvalue weighted by atomic mass is 9.91. The molecule has 18 heavy (non-hydrogen) atoms. The van der Waals surface area contributed by atoms with Gasteiger partial charge in [-0.25, -0.2) is 0 Å². The molecule has 4 heteroatoms. The Labute approximate surface area is 107 Å². The highest BCUT2D eigenvalue weighted by Gasteiger charge is 2.41. The summed E-state index contributed by atoms with van der Waals surface area (Å²) in [4.78, 5) is 13.6. The number of β-amino-alcohol motifs (C(OH)–C–C–N with tert-alkyl or cyclic N) is 1. The summed E-state index contributed by atoms with van der Waals surface area (Å²) in [5.74, 6) is 0.855. The molecular formula is C14H19NO3. The van der Waals surface area contributed by atoms with Crippen LogP contribution in [0.25, 0.3) is 0 Å². The number of hydrogen-bond donors (Lipinski definition) is 1. The molecule has 0 atom stereocenters. The summed E-state index contributed by atoms with van der Waals surface area (Å²) >= 11 is 0. The maximum atomic E-state index is 11.9. The van der Waals surface area contributed by atoms with Crippen molar-refractivity contribution in [2.75, 3.05) is 20.2 Å². The van der Waals surface area contributed by atoms with Gasteiger partial charge in [0, 0.05) is 0 Å². The van der Waals surface area contributed by atoms with Crippen molar-refractivity contribution in [1.82, 2.24) is 4.90 Å². The van der Waals surface area contributed by atoms with Crippen molar-refractivity contribution in [1.29, 1.82) is 0 Å². The van der Waals surface area contributed by atoms with Crippen LogP contribution in [-0.4, -0.2) is 41.7 Å². The van der Waals surface area contributed by atoms with E-state index in [-0.39, 0.29) is 5.91 Å². The van der Waals surface area contributed by atoms with E-state index >= 15 is 0 Å². The molecular weight excluding hydrogens is 230 g/mol. The smallest absolute Gasteiger partial charge is 0.227 e. The summed E-state index contributed by atoms with van der Waals surface area (Å²) in [7, 11) is 1.62. The number of rotatable bonds is 4. The van der Waals surface area contributed by atoms with Gasteiger partial charge in [-0.2, -0.15) is 0 Å². The molecule has 1 heterocycles. The third kappa shape index (κ3) is 2.64. The van der Waals surface area contributed by atoms with Crippen LogP contribution in [0.5, 0.6) is 5.75 Å². The largest absolute Gasteiger partial charge is 0.497 e. The molecule has 0 bridgehead atoms. The minimum absolute atomic E-state index is 0.0679. The van der Waals surface area contributed by atoms with Crippen LogP contribution in [0.2, 0.25) is 0 Å². The molecule has 1 aliphatic rings. The lowest BCUT2D eigenvalue weighted by molar-refractivity contribution is -0.155. The van der Waals surface area contributed by atoms with Crippen molar-refractivity contribution >= 4 is 5.91 Å². The highest BCUT2D eigenvalue weighted by atomic mass is 16.5. The minimum atomic E-state index is -0.657. The number of benzene rings is 1. The van der Waals surface area contributed by atoms with Crippen LogP contribution in [-0.2, 0) is 11.2 Å². The predicted molar refractivity (Wildman–Crippen MR) is 68.5 cm³/mol. The van der Waals surface area contributed by atoms with E-state index in [0.29, 0.717) is 25.9 Å². The summed E-state index contributed by atoms with van der Waals surface area (Å²) in [6.45, 7) is 2.85. The number of aliphatic hydroxyl groups is 1. The van der Waals surface area contributed by atoms with E-state index in [2.05, 4.69) is 0 Å². The number of methoxy groups -OCH3 is 1. The minimum Gasteiger partial charge on any atom is -0.497 e. The van der Waals surface area contributed by atoms with Gasteiger partial charge in [-0.3, -0.25) is 4.79 Å². The molecule has 1 aromatic rings. The van der Waals surface area contributed by atoms with Crippen molar-refractivity contribution in [3.8, 4) is 5.75 Å². The fourth-order valence-corrected chi connectivity index (χ4v) is 2.09. The van der Waals surface area contributed by atoms with Gasteiger partial charge in [-0.1, -0.05) is 19.1 Å². The van der Waals surface area contributed by atoms with Crippen LogP contribution in [0.1, 0.15) is 18.9 Å². The Bertz CT molecular complexity index is 421. The molecule has 1 amide bonds. The number of likely N-dealkylation sites (tertiary alicyclic amines) is 1. The second kappa shape index (κ2) is 4.98. The Morgan fingerprint density at radius 3 is 2.50 bits per heavy atom. The average molecular weight is 249 g/mol. The number of ether oxygens (including phenoxy) is 1. The van der Waals surface area contributed by atoms with E-state index in [0.717, 1.165) is 11.3 Å². The molecule has 1 fully saturated rings. The quantitative estimate of drug-likeness (QED) is 0.873. The van der Waals surface area contributed by atoms with E-state index < -0.39 is 5.60 Å². The highest BCUT2D eigenvalue weighted by molar-refractivity contribution is 5.80. The lowest BCUT2D eigenvalue weighted by Crippen LogP contribution is -2.63. The maximum Gasteiger partial charge on any atom is 0.227 e. The summed E-state index contributed by atoms with van der Waals surface area (Å²) in [5, 5.41) is 9.86. The normalized spacial score (nSPS) is 17.2. The van der Waals surface area contributed by atoms with E-state index in [4.69, 9.17) is 4.74 Å². The lowest BCUT2D eigenvalue weighted by Gasteiger charge is -2.46. The fourth-order valence-electron chi connectivity index (χ4n) is 2.09. The van der Waals surface area contributed by atoms with Crippen molar-refractivity contribution in [3.63, 3.8) is 0 Å². The number of hydrogen-bond acceptors (Lipinski definition) is 3. The Morgan fingerprint density at radius 2 is 2.00 bits per heavy atom. The molecule has 98 valence electrons. The van der Waals surface area contributed by atoms with Crippen molar-refractivity contribution < 1.29 is 14.6 Å². The van der Waals surface area contributed by atoms with E-state index in [1.165, 1.54) is 0 Å². The van der Waals surface area contributed by atoms with Crippen LogP contribution in [0.4, 0.5) is 0 Å². The third-order valence-corrected chi connectivity index (χ3v) is 3.50. The first-order valence-electron chi connectivity index (χ1n) is 6.19. The molecule has 1 N–H and O–H groups in total. The monoisotopic (exact) mass is 249 g/mol. The molecule has 0 spiro atoms. The predicted octanol–water partition coefficient (Wildman–Crippen LogP) is 1.22. The molecule has 0 radical (unpaired) electrons. The van der Waals surface area contributed by atoms with Gasteiger partial charge in [0.2, 0.25) is 5.91 Å². The number of nitrogens with zero attached hydrogens (tertiary/aromatic N) is 1. The van der Waals surface area contributed by atoms with Gasteiger partial charge >= 0.3 is 0 Å². The fraction of sp³-hybridized carbons (Fsp3) is 0.500. The van der Waals surface area contributed by atoms with Crippen LogP contribution in [0, 0.1) is 0 Å². The van der Waals surface area contributed by atoms with Crippen LogP contribution >= 0.6 is 0 Å². The zero-order valence-electron chi connectivity index (χ0n) is 10.8. The van der Waals surface area contributed by atoms with Gasteiger partial charge in [0.1, 0.15) is 5.75 Å². The molecule has 0 unspecified atom stereocenters. The van der Waals surface area contributed by atoms with Crippen LogP contribution in [0.3, 0.4) is 0 Å². The number of amides is 1. The number of carbonyl (C=O) groups excluding carboxylic acids is 1. The van der Waals surface area contributed by atoms with Gasteiger partial charge in [0.15, 0.2) is 0 Å². The Balaban J connectivity index is 1.88. The van der Waals surface area contributed by atoms with E-state index in [1.54, 1.807) is 12.0 Å². The maximum absolute atomic E-state index is 11.9. The molecule has 0 aromatic heterocycles. The van der Waals surface area contributed by atoms with Gasteiger partial charge in [0.25, 0.3) is 0 Å². The zero-order chi connectivity index (χ0) is 13.2. The molecule has 1 aromatic carbocycles. The van der Waals surface area contributed by atoms with Gasteiger partial charge in [0.05, 0.1) is 32.2 Å². The first-order valence-corrected chi connectivity index (χ1v) is 6.19. The van der Waals surface area contributed by atoms with Crippen LogP contribution in [0.15, 0.2) is 24.3 Å². The zero-order valence-corrected chi connectivity index (χ0v) is 10.8. The van der Waals surface area contributed by atoms with Gasteiger partial charge < -0.3 is 14.7 Å². The molecule has 0 aliphatic carbocycles. The van der Waals surface area contributed by atoms with E-state index in [1.807, 2.05) is 31.2 Å². The second-order valence-electron chi connectivity index (χ2n) is 4.85. The van der Waals surface area contributed by atoms with Crippen molar-refractivity contribution in [2.24, 2.45) is 0 Å². The number of carbonyl (C=O) groups is 1. The first kappa shape index (κ1) is 12.9. The topological polar surface area (TPSA) is 49.8 Å². The van der Waals surface area contributed by atoms with Crippen molar-refractivity contribution in [2.45, 2.75) is 25.4 Å². The summed E-state index contributed by atoms with van der Waals surface area (Å²) in [6, 6.07) is 7.48. The third-order valence-electron chi connectivity index (χ3n) is 3.50. The second-order valence-corrected chi connectivity index (χ2v) is 4.85. The first-order chi connectivity index (χ1) is 8.56. The standard InChI is InChI=1S/C14H19NO3/c1-3-14(17)9-15(10-14)13(16)8-11-4-6-12(18-2)7-5-11/h4-7,17H,3,8-10H2,1-2H3. The molecule has 4 nitrogen and oxygen atoms in total. The SMILES string of the molecule is CCC1(O)CN(C(=O)Cc2ccc(OC)cc2)C1. The van der Waals surface area contributed by atoms with Crippen LogP contribution < -0.4 is 4.74 Å². The molecule has 1 aliphatic heterocycles.